The van der Waals surface area contributed by atoms with Gasteiger partial charge in [-0.25, -0.2) is 0 Å². The lowest BCUT2D eigenvalue weighted by atomic mass is 10.0. The molecule has 4 N–H and O–H groups in total. The van der Waals surface area contributed by atoms with Gasteiger partial charge in [0.1, 0.15) is 0 Å². The van der Waals surface area contributed by atoms with Crippen molar-refractivity contribution in [3.63, 3.8) is 0 Å². The maximum Gasteiger partial charge on any atom is 0.220 e. The number of amides is 1. The smallest absolute Gasteiger partial charge is 0.220 e. The first kappa shape index (κ1) is 27.5. The number of thiol groups is 1. The Labute approximate surface area is 180 Å². The van der Waals surface area contributed by atoms with Crippen molar-refractivity contribution in [1.82, 2.24) is 10.6 Å². The molecule has 5 heteroatoms. The quantitative estimate of drug-likeness (QED) is 0.145. The molecule has 0 saturated heterocycles. The second-order valence-corrected chi connectivity index (χ2v) is 9.77. The Hall–Kier alpha value is -0.520. The van der Waals surface area contributed by atoms with Gasteiger partial charge in [-0.2, -0.15) is 12.6 Å². The minimum Gasteiger partial charge on any atom is -0.356 e. The highest BCUT2D eigenvalue weighted by molar-refractivity contribution is 7.80. The van der Waals surface area contributed by atoms with Crippen molar-refractivity contribution >= 4 is 18.5 Å². The van der Waals surface area contributed by atoms with Crippen LogP contribution in [0.2, 0.25) is 0 Å². The highest BCUT2D eigenvalue weighted by Gasteiger charge is 2.09. The average Bonchev–Trinajstić information content (AvgIpc) is 2.63. The number of allylic oxidation sites excluding steroid dienone is 1. The van der Waals surface area contributed by atoms with Gasteiger partial charge in [-0.15, -0.1) is 6.58 Å². The first-order valence-electron chi connectivity index (χ1n) is 11.3. The topological polar surface area (TPSA) is 67.2 Å². The van der Waals surface area contributed by atoms with E-state index in [1.165, 1.54) is 19.3 Å². The minimum absolute atomic E-state index is 0.132. The third-order valence-electron chi connectivity index (χ3n) is 4.89. The van der Waals surface area contributed by atoms with Crippen molar-refractivity contribution < 1.29 is 4.79 Å². The number of nitrogens with one attached hydrogen (secondary N) is 2. The van der Waals surface area contributed by atoms with Crippen LogP contribution in [0.15, 0.2) is 12.7 Å². The summed E-state index contributed by atoms with van der Waals surface area (Å²) >= 11 is 4.60. The van der Waals surface area contributed by atoms with Crippen LogP contribution in [0.1, 0.15) is 97.8 Å². The molecule has 1 amide bonds. The summed E-state index contributed by atoms with van der Waals surface area (Å²) in [6.45, 7) is 12.2. The SMILES string of the molecule is C=CCCC(S)CCCCC(N)CCC(=O)NCCCCCCNC(C)(C)C. The predicted molar refractivity (Wildman–Crippen MR) is 127 cm³/mol. The molecule has 2 unspecified atom stereocenters. The van der Waals surface area contributed by atoms with Crippen molar-refractivity contribution in [2.24, 2.45) is 5.73 Å². The van der Waals surface area contributed by atoms with Crippen LogP contribution in [-0.4, -0.2) is 35.8 Å². The number of nitrogens with two attached hydrogens (primary N) is 1. The Morgan fingerprint density at radius 2 is 1.64 bits per heavy atom. The standard InChI is InChI=1S/C23H47N3OS/c1-5-6-14-21(28)15-10-9-13-20(24)16-17-22(27)25-18-11-7-8-12-19-26-23(2,3)4/h5,20-21,26,28H,1,6-19,24H2,2-4H3,(H,25,27). The Morgan fingerprint density at radius 1 is 1.00 bits per heavy atom. The second-order valence-electron chi connectivity index (χ2n) is 9.04. The van der Waals surface area contributed by atoms with E-state index in [-0.39, 0.29) is 17.5 Å². The van der Waals surface area contributed by atoms with Gasteiger partial charge in [0.05, 0.1) is 0 Å². The van der Waals surface area contributed by atoms with Crippen LogP contribution in [0, 0.1) is 0 Å². The Balaban J connectivity index is 3.47. The highest BCUT2D eigenvalue weighted by Crippen LogP contribution is 2.15. The zero-order chi connectivity index (χ0) is 21.3. The van der Waals surface area contributed by atoms with Gasteiger partial charge < -0.3 is 16.4 Å². The maximum atomic E-state index is 11.9. The van der Waals surface area contributed by atoms with E-state index >= 15 is 0 Å². The monoisotopic (exact) mass is 413 g/mol. The fourth-order valence-corrected chi connectivity index (χ4v) is 3.42. The van der Waals surface area contributed by atoms with Crippen molar-refractivity contribution in [1.29, 1.82) is 0 Å². The molecule has 0 aromatic heterocycles. The van der Waals surface area contributed by atoms with Gasteiger partial charge in [-0.05, 0) is 72.3 Å². The van der Waals surface area contributed by atoms with Crippen molar-refractivity contribution in [2.75, 3.05) is 13.1 Å². The molecule has 0 aliphatic carbocycles. The lowest BCUT2D eigenvalue weighted by molar-refractivity contribution is -0.121. The molecule has 0 aliphatic rings. The predicted octanol–water partition coefficient (Wildman–Crippen LogP) is 4.98. The molecular formula is C23H47N3OS. The van der Waals surface area contributed by atoms with Gasteiger partial charge in [0.25, 0.3) is 0 Å². The average molecular weight is 414 g/mol. The zero-order valence-corrected chi connectivity index (χ0v) is 19.7. The Morgan fingerprint density at radius 3 is 2.29 bits per heavy atom. The lowest BCUT2D eigenvalue weighted by Crippen LogP contribution is -2.36. The summed E-state index contributed by atoms with van der Waals surface area (Å²) in [5.74, 6) is 0.143. The molecule has 0 saturated carbocycles. The van der Waals surface area contributed by atoms with Crippen LogP contribution >= 0.6 is 12.6 Å². The summed E-state index contributed by atoms with van der Waals surface area (Å²) in [5.41, 5.74) is 6.36. The summed E-state index contributed by atoms with van der Waals surface area (Å²) in [5, 5.41) is 6.99. The van der Waals surface area contributed by atoms with Gasteiger partial charge in [-0.1, -0.05) is 31.8 Å². The van der Waals surface area contributed by atoms with E-state index in [0.29, 0.717) is 11.7 Å². The zero-order valence-electron chi connectivity index (χ0n) is 18.8. The third-order valence-corrected chi connectivity index (χ3v) is 5.41. The van der Waals surface area contributed by atoms with Crippen LogP contribution in [0.25, 0.3) is 0 Å². The van der Waals surface area contributed by atoms with Crippen LogP contribution in [0.4, 0.5) is 0 Å². The van der Waals surface area contributed by atoms with E-state index < -0.39 is 0 Å². The fourth-order valence-electron chi connectivity index (χ4n) is 3.09. The Kier molecular flexibility index (Phi) is 17.0. The summed E-state index contributed by atoms with van der Waals surface area (Å²) < 4.78 is 0. The summed E-state index contributed by atoms with van der Waals surface area (Å²) in [6, 6.07) is 0.132. The number of hydrogen-bond acceptors (Lipinski definition) is 4. The van der Waals surface area contributed by atoms with E-state index in [4.69, 9.17) is 5.73 Å². The van der Waals surface area contributed by atoms with Gasteiger partial charge in [-0.3, -0.25) is 4.79 Å². The van der Waals surface area contributed by atoms with E-state index in [9.17, 15) is 4.79 Å². The molecule has 166 valence electrons. The van der Waals surface area contributed by atoms with Gasteiger partial charge in [0, 0.05) is 29.8 Å². The molecule has 0 bridgehead atoms. The minimum atomic E-state index is 0.132. The summed E-state index contributed by atoms with van der Waals surface area (Å²) in [7, 11) is 0. The normalized spacial score (nSPS) is 13.9. The molecule has 0 radical (unpaired) electrons. The number of carbonyl (C=O) groups is 1. The molecular weight excluding hydrogens is 366 g/mol. The third kappa shape index (κ3) is 20.2. The maximum absolute atomic E-state index is 11.9. The molecule has 0 rings (SSSR count). The fraction of sp³-hybridized carbons (Fsp3) is 0.870. The van der Waals surface area contributed by atoms with E-state index in [1.807, 2.05) is 6.08 Å². The van der Waals surface area contributed by atoms with Gasteiger partial charge in [0.2, 0.25) is 5.91 Å². The molecule has 0 aromatic carbocycles. The van der Waals surface area contributed by atoms with Crippen molar-refractivity contribution in [3.8, 4) is 0 Å². The number of rotatable bonds is 18. The largest absolute Gasteiger partial charge is 0.356 e. The van der Waals surface area contributed by atoms with Crippen molar-refractivity contribution in [2.45, 2.75) is 115 Å². The highest BCUT2D eigenvalue weighted by atomic mass is 32.1. The molecule has 4 nitrogen and oxygen atoms in total. The van der Waals surface area contributed by atoms with Gasteiger partial charge >= 0.3 is 0 Å². The van der Waals surface area contributed by atoms with Crippen LogP contribution in [0.3, 0.4) is 0 Å². The van der Waals surface area contributed by atoms with Crippen molar-refractivity contribution in [3.05, 3.63) is 12.7 Å². The first-order valence-corrected chi connectivity index (χ1v) is 11.8. The molecule has 28 heavy (non-hydrogen) atoms. The number of carbonyl (C=O) groups excluding carboxylic acids is 1. The molecule has 0 heterocycles. The first-order chi connectivity index (χ1) is 13.2. The summed E-state index contributed by atoms with van der Waals surface area (Å²) in [6.07, 6.45) is 14.5. The Bertz CT molecular complexity index is 396. The number of hydrogen-bond donors (Lipinski definition) is 4. The van der Waals surface area contributed by atoms with Crippen LogP contribution in [-0.2, 0) is 4.79 Å². The molecule has 0 spiro atoms. The molecule has 0 aliphatic heterocycles. The molecule has 0 fully saturated rings. The van der Waals surface area contributed by atoms with Crippen LogP contribution < -0.4 is 16.4 Å². The van der Waals surface area contributed by atoms with E-state index in [2.05, 4.69) is 50.6 Å². The van der Waals surface area contributed by atoms with Crippen LogP contribution in [0.5, 0.6) is 0 Å². The summed E-state index contributed by atoms with van der Waals surface area (Å²) in [4.78, 5) is 11.9. The number of unbranched alkanes of at least 4 members (excludes halogenated alkanes) is 4. The molecule has 0 aromatic rings. The molecule has 2 atom stereocenters. The second kappa shape index (κ2) is 17.3. The van der Waals surface area contributed by atoms with E-state index in [0.717, 1.165) is 64.5 Å². The lowest BCUT2D eigenvalue weighted by Gasteiger charge is -2.20. The van der Waals surface area contributed by atoms with E-state index in [1.54, 1.807) is 0 Å². The van der Waals surface area contributed by atoms with Gasteiger partial charge in [0.15, 0.2) is 0 Å².